The van der Waals surface area contributed by atoms with E-state index in [9.17, 15) is 0 Å². The lowest BCUT2D eigenvalue weighted by Gasteiger charge is -2.03. The molecule has 0 aliphatic carbocycles. The van der Waals surface area contributed by atoms with E-state index in [2.05, 4.69) is 0 Å². The van der Waals surface area contributed by atoms with E-state index in [1.54, 1.807) is 13.2 Å². The van der Waals surface area contributed by atoms with Crippen molar-refractivity contribution in [3.05, 3.63) is 28.8 Å². The molecule has 0 aliphatic rings. The number of methoxy groups -OCH3 is 1. The van der Waals surface area contributed by atoms with E-state index in [1.165, 1.54) is 0 Å². The van der Waals surface area contributed by atoms with Crippen LogP contribution in [0.1, 0.15) is 5.56 Å². The van der Waals surface area contributed by atoms with Crippen LogP contribution in [0.15, 0.2) is 18.2 Å². The molecule has 0 amide bonds. The number of hydrogen-bond donors (Lipinski definition) is 1. The highest BCUT2D eigenvalue weighted by Crippen LogP contribution is 2.21. The van der Waals surface area contributed by atoms with E-state index in [-0.39, 0.29) is 0 Å². The van der Waals surface area contributed by atoms with Gasteiger partial charge in [-0.25, -0.2) is 0 Å². The molecule has 3 heteroatoms. The van der Waals surface area contributed by atoms with Crippen LogP contribution < -0.4 is 10.5 Å². The SMILES string of the molecule is COc1ccc(CN)c(Cl)c1. The number of benzene rings is 1. The molecular weight excluding hydrogens is 162 g/mol. The van der Waals surface area contributed by atoms with Crippen molar-refractivity contribution in [2.24, 2.45) is 5.73 Å². The summed E-state index contributed by atoms with van der Waals surface area (Å²) in [5.41, 5.74) is 6.35. The van der Waals surface area contributed by atoms with E-state index in [4.69, 9.17) is 22.1 Å². The Morgan fingerprint density at radius 3 is 2.73 bits per heavy atom. The predicted octanol–water partition coefficient (Wildman–Crippen LogP) is 1.81. The maximum absolute atomic E-state index is 5.85. The van der Waals surface area contributed by atoms with Crippen LogP contribution in [0.4, 0.5) is 0 Å². The summed E-state index contributed by atoms with van der Waals surface area (Å²) < 4.78 is 4.97. The highest BCUT2D eigenvalue weighted by Gasteiger charge is 1.98. The molecule has 0 unspecified atom stereocenters. The minimum absolute atomic E-state index is 0.461. The van der Waals surface area contributed by atoms with Crippen molar-refractivity contribution >= 4 is 11.6 Å². The first kappa shape index (κ1) is 8.37. The largest absolute Gasteiger partial charge is 0.497 e. The monoisotopic (exact) mass is 171 g/mol. The number of hydrogen-bond acceptors (Lipinski definition) is 2. The average molecular weight is 172 g/mol. The summed E-state index contributed by atoms with van der Waals surface area (Å²) >= 11 is 5.85. The Kier molecular flexibility index (Phi) is 2.74. The molecule has 2 N–H and O–H groups in total. The quantitative estimate of drug-likeness (QED) is 0.737. The zero-order chi connectivity index (χ0) is 8.27. The van der Waals surface area contributed by atoms with Gasteiger partial charge < -0.3 is 10.5 Å². The summed E-state index contributed by atoms with van der Waals surface area (Å²) in [6.45, 7) is 0.461. The van der Waals surface area contributed by atoms with Crippen molar-refractivity contribution in [2.45, 2.75) is 6.54 Å². The molecule has 1 rings (SSSR count). The Morgan fingerprint density at radius 1 is 1.55 bits per heavy atom. The third-order valence-electron chi connectivity index (χ3n) is 1.48. The van der Waals surface area contributed by atoms with E-state index >= 15 is 0 Å². The Balaban J connectivity index is 2.99. The second-order valence-corrected chi connectivity index (χ2v) is 2.57. The van der Waals surface area contributed by atoms with Gasteiger partial charge in [0.25, 0.3) is 0 Å². The first-order chi connectivity index (χ1) is 5.27. The van der Waals surface area contributed by atoms with Gasteiger partial charge in [-0.3, -0.25) is 0 Å². The van der Waals surface area contributed by atoms with Crippen LogP contribution in [-0.2, 0) is 6.54 Å². The lowest BCUT2D eigenvalue weighted by Crippen LogP contribution is -1.96. The molecule has 1 aromatic carbocycles. The van der Waals surface area contributed by atoms with Crippen molar-refractivity contribution < 1.29 is 4.74 Å². The van der Waals surface area contributed by atoms with Gasteiger partial charge in [-0.1, -0.05) is 17.7 Å². The third-order valence-corrected chi connectivity index (χ3v) is 1.83. The minimum Gasteiger partial charge on any atom is -0.497 e. The van der Waals surface area contributed by atoms with Gasteiger partial charge in [0, 0.05) is 11.6 Å². The van der Waals surface area contributed by atoms with E-state index in [0.29, 0.717) is 11.6 Å². The lowest BCUT2D eigenvalue weighted by atomic mass is 10.2. The number of ether oxygens (including phenoxy) is 1. The number of nitrogens with two attached hydrogens (primary N) is 1. The van der Waals surface area contributed by atoms with Crippen molar-refractivity contribution in [1.82, 2.24) is 0 Å². The summed E-state index contributed by atoms with van der Waals surface area (Å²) in [7, 11) is 1.60. The van der Waals surface area contributed by atoms with Crippen LogP contribution >= 0.6 is 11.6 Å². The third kappa shape index (κ3) is 1.85. The number of rotatable bonds is 2. The zero-order valence-corrected chi connectivity index (χ0v) is 7.06. The summed E-state index contributed by atoms with van der Waals surface area (Å²) in [5.74, 6) is 0.757. The van der Waals surface area contributed by atoms with Crippen molar-refractivity contribution in [2.75, 3.05) is 7.11 Å². The van der Waals surface area contributed by atoms with Crippen LogP contribution in [0.5, 0.6) is 5.75 Å². The summed E-state index contributed by atoms with van der Waals surface area (Å²) in [6.07, 6.45) is 0. The van der Waals surface area contributed by atoms with Crippen molar-refractivity contribution in [1.29, 1.82) is 0 Å². The molecule has 0 bridgehead atoms. The molecule has 0 atom stereocenters. The molecule has 60 valence electrons. The fourth-order valence-corrected chi connectivity index (χ4v) is 1.07. The van der Waals surface area contributed by atoms with Gasteiger partial charge in [-0.05, 0) is 17.7 Å². The Hall–Kier alpha value is -0.730. The molecule has 2 nitrogen and oxygen atoms in total. The second kappa shape index (κ2) is 3.60. The van der Waals surface area contributed by atoms with Gasteiger partial charge in [-0.2, -0.15) is 0 Å². The molecule has 0 saturated carbocycles. The minimum atomic E-state index is 0.461. The topological polar surface area (TPSA) is 35.2 Å². The van der Waals surface area contributed by atoms with Gasteiger partial charge in [0.1, 0.15) is 5.75 Å². The molecule has 11 heavy (non-hydrogen) atoms. The average Bonchev–Trinajstić information content (AvgIpc) is 2.04. The van der Waals surface area contributed by atoms with Crippen LogP contribution in [0.3, 0.4) is 0 Å². The molecule has 0 aromatic heterocycles. The van der Waals surface area contributed by atoms with Gasteiger partial charge in [0.15, 0.2) is 0 Å². The van der Waals surface area contributed by atoms with Crippen LogP contribution in [0.25, 0.3) is 0 Å². The highest BCUT2D eigenvalue weighted by molar-refractivity contribution is 6.31. The second-order valence-electron chi connectivity index (χ2n) is 2.16. The maximum atomic E-state index is 5.85. The molecule has 0 spiro atoms. The fraction of sp³-hybridized carbons (Fsp3) is 0.250. The van der Waals surface area contributed by atoms with Crippen molar-refractivity contribution in [3.8, 4) is 5.75 Å². The van der Waals surface area contributed by atoms with E-state index in [0.717, 1.165) is 11.3 Å². The first-order valence-corrected chi connectivity index (χ1v) is 3.68. The normalized spacial score (nSPS) is 9.73. The molecular formula is C8H10ClNO. The first-order valence-electron chi connectivity index (χ1n) is 3.30. The smallest absolute Gasteiger partial charge is 0.120 e. The standard InChI is InChI=1S/C8H10ClNO/c1-11-7-3-2-6(5-10)8(9)4-7/h2-4H,5,10H2,1H3. The van der Waals surface area contributed by atoms with Crippen LogP contribution in [0, 0.1) is 0 Å². The van der Waals surface area contributed by atoms with Gasteiger partial charge in [0.05, 0.1) is 7.11 Å². The zero-order valence-electron chi connectivity index (χ0n) is 6.30. The summed E-state index contributed by atoms with van der Waals surface area (Å²) in [5, 5.41) is 0.659. The fourth-order valence-electron chi connectivity index (χ4n) is 0.821. The molecule has 1 aromatic rings. The van der Waals surface area contributed by atoms with Crippen LogP contribution in [0.2, 0.25) is 5.02 Å². The van der Waals surface area contributed by atoms with E-state index < -0.39 is 0 Å². The summed E-state index contributed by atoms with van der Waals surface area (Å²) in [4.78, 5) is 0. The Morgan fingerprint density at radius 2 is 2.27 bits per heavy atom. The van der Waals surface area contributed by atoms with E-state index in [1.807, 2.05) is 12.1 Å². The predicted molar refractivity (Wildman–Crippen MR) is 45.9 cm³/mol. The Labute approximate surface area is 70.9 Å². The number of halogens is 1. The van der Waals surface area contributed by atoms with Gasteiger partial charge in [0.2, 0.25) is 0 Å². The summed E-state index contributed by atoms with van der Waals surface area (Å²) in [6, 6.07) is 5.46. The lowest BCUT2D eigenvalue weighted by molar-refractivity contribution is 0.414. The van der Waals surface area contributed by atoms with Crippen LogP contribution in [-0.4, -0.2) is 7.11 Å². The maximum Gasteiger partial charge on any atom is 0.120 e. The molecule has 0 radical (unpaired) electrons. The molecule has 0 fully saturated rings. The van der Waals surface area contributed by atoms with Gasteiger partial charge >= 0.3 is 0 Å². The molecule has 0 aliphatic heterocycles. The molecule has 0 heterocycles. The highest BCUT2D eigenvalue weighted by atomic mass is 35.5. The molecule has 0 saturated heterocycles. The van der Waals surface area contributed by atoms with Gasteiger partial charge in [-0.15, -0.1) is 0 Å². The Bertz CT molecular complexity index is 250. The van der Waals surface area contributed by atoms with Crippen molar-refractivity contribution in [3.63, 3.8) is 0 Å².